The lowest BCUT2D eigenvalue weighted by atomic mass is 10.2. The summed E-state index contributed by atoms with van der Waals surface area (Å²) in [4.78, 5) is 3.54. The zero-order valence-electron chi connectivity index (χ0n) is 6.96. The number of pyridine rings is 1. The molecular weight excluding hydrogens is 238 g/mol. The van der Waals surface area contributed by atoms with E-state index in [0.717, 1.165) is 0 Å². The molecule has 1 rings (SSSR count). The van der Waals surface area contributed by atoms with Gasteiger partial charge in [-0.2, -0.15) is 0 Å². The molecular formula is C8H6Cl2F3N. The SMILES string of the molecule is FCc1nc(CF)c(Cl)c(CF)c1Cl. The molecule has 0 atom stereocenters. The predicted octanol–water partition coefficient (Wildman–Crippen LogP) is 3.80. The lowest BCUT2D eigenvalue weighted by Gasteiger charge is -2.09. The van der Waals surface area contributed by atoms with E-state index in [4.69, 9.17) is 23.2 Å². The van der Waals surface area contributed by atoms with Crippen LogP contribution >= 0.6 is 23.2 Å². The van der Waals surface area contributed by atoms with Crippen molar-refractivity contribution in [1.29, 1.82) is 0 Å². The van der Waals surface area contributed by atoms with E-state index in [1.807, 2.05) is 0 Å². The van der Waals surface area contributed by atoms with E-state index in [1.165, 1.54) is 0 Å². The number of rotatable bonds is 3. The smallest absolute Gasteiger partial charge is 0.133 e. The third-order valence-corrected chi connectivity index (χ3v) is 2.59. The summed E-state index contributed by atoms with van der Waals surface area (Å²) < 4.78 is 37.1. The molecule has 1 heterocycles. The second-order valence-electron chi connectivity index (χ2n) is 2.51. The van der Waals surface area contributed by atoms with Gasteiger partial charge in [-0.3, -0.25) is 0 Å². The van der Waals surface area contributed by atoms with Gasteiger partial charge in [-0.1, -0.05) is 23.2 Å². The summed E-state index contributed by atoms with van der Waals surface area (Å²) in [7, 11) is 0. The van der Waals surface area contributed by atoms with Gasteiger partial charge in [0.05, 0.1) is 21.4 Å². The van der Waals surface area contributed by atoms with Gasteiger partial charge in [0.2, 0.25) is 0 Å². The molecule has 0 bridgehead atoms. The van der Waals surface area contributed by atoms with Crippen molar-refractivity contribution in [3.05, 3.63) is 27.0 Å². The highest BCUT2D eigenvalue weighted by molar-refractivity contribution is 6.36. The van der Waals surface area contributed by atoms with Crippen LogP contribution in [0.2, 0.25) is 10.0 Å². The first-order valence-electron chi connectivity index (χ1n) is 3.69. The monoisotopic (exact) mass is 243 g/mol. The second-order valence-corrected chi connectivity index (χ2v) is 3.27. The third-order valence-electron chi connectivity index (χ3n) is 1.69. The van der Waals surface area contributed by atoms with Crippen molar-refractivity contribution in [3.8, 4) is 0 Å². The molecule has 1 aromatic heterocycles. The van der Waals surface area contributed by atoms with Gasteiger partial charge in [-0.05, 0) is 0 Å². The van der Waals surface area contributed by atoms with Crippen molar-refractivity contribution >= 4 is 23.2 Å². The highest BCUT2D eigenvalue weighted by atomic mass is 35.5. The maximum atomic E-state index is 12.4. The van der Waals surface area contributed by atoms with Crippen LogP contribution in [0.4, 0.5) is 13.2 Å². The van der Waals surface area contributed by atoms with Crippen molar-refractivity contribution in [2.24, 2.45) is 0 Å². The topological polar surface area (TPSA) is 12.9 Å². The van der Waals surface area contributed by atoms with Crippen LogP contribution in [0.1, 0.15) is 17.0 Å². The average molecular weight is 244 g/mol. The van der Waals surface area contributed by atoms with Crippen LogP contribution < -0.4 is 0 Å². The summed E-state index contributed by atoms with van der Waals surface area (Å²) in [6, 6.07) is 0. The Bertz CT molecular complexity index is 316. The van der Waals surface area contributed by atoms with E-state index in [9.17, 15) is 13.2 Å². The van der Waals surface area contributed by atoms with E-state index in [1.54, 1.807) is 0 Å². The minimum Gasteiger partial charge on any atom is -0.249 e. The van der Waals surface area contributed by atoms with E-state index in [2.05, 4.69) is 4.98 Å². The molecule has 0 aliphatic carbocycles. The van der Waals surface area contributed by atoms with Gasteiger partial charge in [0.1, 0.15) is 20.0 Å². The highest BCUT2D eigenvalue weighted by Gasteiger charge is 2.16. The van der Waals surface area contributed by atoms with Crippen LogP contribution in [-0.2, 0) is 20.0 Å². The molecule has 0 fully saturated rings. The molecule has 1 nitrogen and oxygen atoms in total. The second kappa shape index (κ2) is 4.84. The Labute approximate surface area is 88.8 Å². The van der Waals surface area contributed by atoms with Crippen molar-refractivity contribution in [2.75, 3.05) is 0 Å². The molecule has 0 aliphatic heterocycles. The fourth-order valence-corrected chi connectivity index (χ4v) is 1.52. The number of hydrogen-bond acceptors (Lipinski definition) is 1. The summed E-state index contributed by atoms with van der Waals surface area (Å²) in [6.45, 7) is -2.92. The first kappa shape index (κ1) is 11.6. The Kier molecular flexibility index (Phi) is 4.01. The molecule has 6 heteroatoms. The quantitative estimate of drug-likeness (QED) is 0.787. The van der Waals surface area contributed by atoms with Gasteiger partial charge in [0.15, 0.2) is 0 Å². The molecule has 0 unspecified atom stereocenters. The molecule has 0 amide bonds. The van der Waals surface area contributed by atoms with Crippen LogP contribution in [0.15, 0.2) is 0 Å². The zero-order valence-corrected chi connectivity index (χ0v) is 8.47. The van der Waals surface area contributed by atoms with Crippen LogP contribution in [0.25, 0.3) is 0 Å². The Morgan fingerprint density at radius 3 is 1.57 bits per heavy atom. The van der Waals surface area contributed by atoms with E-state index in [0.29, 0.717) is 0 Å². The standard InChI is InChI=1S/C8H6Cl2F3N/c9-7-4(1-11)8(10)6(3-13)14-5(7)2-12/h1-3H2. The fourth-order valence-electron chi connectivity index (χ4n) is 1.00. The number of nitrogens with zero attached hydrogens (tertiary/aromatic N) is 1. The molecule has 0 N–H and O–H groups in total. The van der Waals surface area contributed by atoms with Gasteiger partial charge in [-0.25, -0.2) is 18.2 Å². The van der Waals surface area contributed by atoms with Gasteiger partial charge < -0.3 is 0 Å². The molecule has 0 saturated heterocycles. The Morgan fingerprint density at radius 2 is 1.29 bits per heavy atom. The first-order valence-corrected chi connectivity index (χ1v) is 4.44. The maximum Gasteiger partial charge on any atom is 0.133 e. The molecule has 78 valence electrons. The zero-order chi connectivity index (χ0) is 10.7. The summed E-state index contributed by atoms with van der Waals surface area (Å²) >= 11 is 11.2. The van der Waals surface area contributed by atoms with Crippen molar-refractivity contribution in [3.63, 3.8) is 0 Å². The predicted molar refractivity (Wildman–Crippen MR) is 48.7 cm³/mol. The third kappa shape index (κ3) is 1.96. The number of halogens is 5. The molecule has 0 radical (unpaired) electrons. The van der Waals surface area contributed by atoms with Gasteiger partial charge in [-0.15, -0.1) is 0 Å². The number of alkyl halides is 3. The van der Waals surface area contributed by atoms with Crippen molar-refractivity contribution < 1.29 is 13.2 Å². The van der Waals surface area contributed by atoms with E-state index >= 15 is 0 Å². The van der Waals surface area contributed by atoms with Gasteiger partial charge in [0, 0.05) is 5.56 Å². The highest BCUT2D eigenvalue weighted by Crippen LogP contribution is 2.31. The van der Waals surface area contributed by atoms with Crippen LogP contribution in [0, 0.1) is 0 Å². The van der Waals surface area contributed by atoms with Crippen molar-refractivity contribution in [1.82, 2.24) is 4.98 Å². The normalized spacial score (nSPS) is 10.6. The minimum absolute atomic E-state index is 0.108. The lowest BCUT2D eigenvalue weighted by molar-refractivity contribution is 0.450. The van der Waals surface area contributed by atoms with Crippen LogP contribution in [0.3, 0.4) is 0 Å². The summed E-state index contributed by atoms with van der Waals surface area (Å²) in [5, 5.41) is -0.339. The Balaban J connectivity index is 3.39. The summed E-state index contributed by atoms with van der Waals surface area (Å²) in [5.41, 5.74) is -0.476. The van der Waals surface area contributed by atoms with E-state index in [-0.39, 0.29) is 27.0 Å². The Morgan fingerprint density at radius 1 is 0.857 bits per heavy atom. The summed E-state index contributed by atoms with van der Waals surface area (Å²) in [6.07, 6.45) is 0. The van der Waals surface area contributed by atoms with Gasteiger partial charge >= 0.3 is 0 Å². The average Bonchev–Trinajstić information content (AvgIpc) is 2.19. The summed E-state index contributed by atoms with van der Waals surface area (Å²) in [5.74, 6) is 0. The molecule has 0 spiro atoms. The molecule has 0 saturated carbocycles. The molecule has 0 aromatic carbocycles. The molecule has 0 aliphatic rings. The maximum absolute atomic E-state index is 12.4. The van der Waals surface area contributed by atoms with E-state index < -0.39 is 20.0 Å². The molecule has 14 heavy (non-hydrogen) atoms. The largest absolute Gasteiger partial charge is 0.249 e. The first-order chi connectivity index (χ1) is 6.65. The van der Waals surface area contributed by atoms with Crippen LogP contribution in [0.5, 0.6) is 0 Å². The molecule has 1 aromatic rings. The fraction of sp³-hybridized carbons (Fsp3) is 0.375. The van der Waals surface area contributed by atoms with Crippen LogP contribution in [-0.4, -0.2) is 4.98 Å². The minimum atomic E-state index is -0.976. The van der Waals surface area contributed by atoms with Gasteiger partial charge in [0.25, 0.3) is 0 Å². The Hall–Kier alpha value is -0.480. The number of aromatic nitrogens is 1. The lowest BCUT2D eigenvalue weighted by Crippen LogP contribution is -2.00. The number of hydrogen-bond donors (Lipinski definition) is 0. The van der Waals surface area contributed by atoms with Crippen molar-refractivity contribution in [2.45, 2.75) is 20.0 Å².